The molecule has 0 bridgehead atoms. The first-order chi connectivity index (χ1) is 9.65. The zero-order valence-electron chi connectivity index (χ0n) is 12.7. The Labute approximate surface area is 120 Å². The maximum Gasteiger partial charge on any atom is 0.236 e. The van der Waals surface area contributed by atoms with E-state index in [-0.39, 0.29) is 5.91 Å². The average molecular weight is 280 g/mol. The van der Waals surface area contributed by atoms with Crippen molar-refractivity contribution in [3.8, 4) is 11.5 Å². The lowest BCUT2D eigenvalue weighted by Crippen LogP contribution is -2.37. The summed E-state index contributed by atoms with van der Waals surface area (Å²) in [4.78, 5) is 13.6. The summed E-state index contributed by atoms with van der Waals surface area (Å²) >= 11 is 0. The molecule has 0 saturated carbocycles. The number of likely N-dealkylation sites (N-methyl/N-ethyl adjacent to an activating group) is 1. The number of hydrogen-bond donors (Lipinski definition) is 1. The Bertz CT molecular complexity index is 431. The van der Waals surface area contributed by atoms with Crippen LogP contribution in [0.2, 0.25) is 0 Å². The molecule has 1 N–H and O–H groups in total. The van der Waals surface area contributed by atoms with Crippen LogP contribution in [0.3, 0.4) is 0 Å². The molecule has 1 rings (SSSR count). The van der Waals surface area contributed by atoms with E-state index in [0.29, 0.717) is 24.6 Å². The fraction of sp³-hybridized carbons (Fsp3) is 0.533. The highest BCUT2D eigenvalue weighted by Gasteiger charge is 2.09. The minimum absolute atomic E-state index is 0.121. The molecule has 112 valence electrons. The van der Waals surface area contributed by atoms with Crippen molar-refractivity contribution in [1.29, 1.82) is 0 Å². The second-order valence-electron chi connectivity index (χ2n) is 4.36. The monoisotopic (exact) mass is 280 g/mol. The molecule has 0 aliphatic heterocycles. The molecule has 0 aromatic heterocycles. The van der Waals surface area contributed by atoms with Gasteiger partial charge in [0, 0.05) is 19.6 Å². The van der Waals surface area contributed by atoms with E-state index in [9.17, 15) is 4.79 Å². The zero-order chi connectivity index (χ0) is 15.0. The van der Waals surface area contributed by atoms with Gasteiger partial charge in [-0.15, -0.1) is 0 Å². The molecule has 5 nitrogen and oxygen atoms in total. The van der Waals surface area contributed by atoms with Crippen LogP contribution in [0.4, 0.5) is 0 Å². The van der Waals surface area contributed by atoms with Crippen LogP contribution < -0.4 is 14.8 Å². The van der Waals surface area contributed by atoms with Gasteiger partial charge in [0.15, 0.2) is 11.5 Å². The van der Waals surface area contributed by atoms with Crippen molar-refractivity contribution in [3.63, 3.8) is 0 Å². The highest BCUT2D eigenvalue weighted by molar-refractivity contribution is 5.78. The summed E-state index contributed by atoms with van der Waals surface area (Å²) < 4.78 is 10.4. The van der Waals surface area contributed by atoms with Gasteiger partial charge in [-0.25, -0.2) is 0 Å². The van der Waals surface area contributed by atoms with E-state index in [1.807, 2.05) is 36.9 Å². The van der Waals surface area contributed by atoms with E-state index in [2.05, 4.69) is 5.32 Å². The Morgan fingerprint density at radius 3 is 2.35 bits per heavy atom. The molecule has 1 amide bonds. The van der Waals surface area contributed by atoms with Gasteiger partial charge in [-0.05, 0) is 31.5 Å². The third-order valence-corrected chi connectivity index (χ3v) is 3.17. The van der Waals surface area contributed by atoms with Crippen molar-refractivity contribution in [2.75, 3.05) is 33.9 Å². The van der Waals surface area contributed by atoms with Crippen molar-refractivity contribution in [2.24, 2.45) is 0 Å². The van der Waals surface area contributed by atoms with Crippen molar-refractivity contribution >= 4 is 5.91 Å². The number of carbonyl (C=O) groups excluding carboxylic acids is 1. The molecule has 0 spiro atoms. The quantitative estimate of drug-likeness (QED) is 0.787. The van der Waals surface area contributed by atoms with Crippen LogP contribution in [-0.4, -0.2) is 44.7 Å². The Balaban J connectivity index is 2.52. The van der Waals surface area contributed by atoms with E-state index in [1.54, 1.807) is 14.2 Å². The standard InChI is InChI=1S/C15H24N2O3/c1-5-17(6-2)15(18)11-16-10-12-7-8-13(19-3)14(9-12)20-4/h7-9,16H,5-6,10-11H2,1-4H3. The van der Waals surface area contributed by atoms with E-state index < -0.39 is 0 Å². The van der Waals surface area contributed by atoms with Crippen LogP contribution in [0.1, 0.15) is 19.4 Å². The minimum Gasteiger partial charge on any atom is -0.493 e. The third kappa shape index (κ3) is 4.42. The molecule has 0 fully saturated rings. The highest BCUT2D eigenvalue weighted by Crippen LogP contribution is 2.27. The maximum absolute atomic E-state index is 11.8. The molecule has 1 aromatic rings. The largest absolute Gasteiger partial charge is 0.493 e. The first kappa shape index (κ1) is 16.3. The van der Waals surface area contributed by atoms with Crippen LogP contribution in [0.5, 0.6) is 11.5 Å². The summed E-state index contributed by atoms with van der Waals surface area (Å²) in [7, 11) is 3.22. The molecule has 0 unspecified atom stereocenters. The van der Waals surface area contributed by atoms with Gasteiger partial charge in [-0.2, -0.15) is 0 Å². The second kappa shape index (κ2) is 8.43. The topological polar surface area (TPSA) is 50.8 Å². The van der Waals surface area contributed by atoms with Crippen LogP contribution in [-0.2, 0) is 11.3 Å². The number of methoxy groups -OCH3 is 2. The van der Waals surface area contributed by atoms with E-state index in [4.69, 9.17) is 9.47 Å². The fourth-order valence-corrected chi connectivity index (χ4v) is 1.99. The van der Waals surface area contributed by atoms with Gasteiger partial charge in [0.05, 0.1) is 20.8 Å². The molecule has 0 aliphatic rings. The Kier molecular flexibility index (Phi) is 6.87. The van der Waals surface area contributed by atoms with E-state index >= 15 is 0 Å². The summed E-state index contributed by atoms with van der Waals surface area (Å²) in [6.07, 6.45) is 0. The summed E-state index contributed by atoms with van der Waals surface area (Å²) in [6, 6.07) is 5.73. The molecule has 0 saturated heterocycles. The summed E-state index contributed by atoms with van der Waals surface area (Å²) in [5, 5.41) is 3.15. The van der Waals surface area contributed by atoms with Gasteiger partial charge in [0.1, 0.15) is 0 Å². The predicted molar refractivity (Wildman–Crippen MR) is 79.2 cm³/mol. The fourth-order valence-electron chi connectivity index (χ4n) is 1.99. The summed E-state index contributed by atoms with van der Waals surface area (Å²) in [6.45, 7) is 6.41. The van der Waals surface area contributed by atoms with Crippen molar-refractivity contribution in [3.05, 3.63) is 23.8 Å². The van der Waals surface area contributed by atoms with Crippen LogP contribution in [0.25, 0.3) is 0 Å². The number of benzene rings is 1. The maximum atomic E-state index is 11.8. The predicted octanol–water partition coefficient (Wildman–Crippen LogP) is 1.66. The molecule has 5 heteroatoms. The second-order valence-corrected chi connectivity index (χ2v) is 4.36. The van der Waals surface area contributed by atoms with Crippen LogP contribution in [0, 0.1) is 0 Å². The van der Waals surface area contributed by atoms with Gasteiger partial charge in [0.25, 0.3) is 0 Å². The number of amides is 1. The van der Waals surface area contributed by atoms with Crippen molar-refractivity contribution in [1.82, 2.24) is 10.2 Å². The first-order valence-electron chi connectivity index (χ1n) is 6.85. The smallest absolute Gasteiger partial charge is 0.236 e. The molecule has 0 aliphatic carbocycles. The van der Waals surface area contributed by atoms with Crippen molar-refractivity contribution in [2.45, 2.75) is 20.4 Å². The number of nitrogens with zero attached hydrogens (tertiary/aromatic N) is 1. The van der Waals surface area contributed by atoms with Crippen molar-refractivity contribution < 1.29 is 14.3 Å². The Hall–Kier alpha value is -1.75. The lowest BCUT2D eigenvalue weighted by molar-refractivity contribution is -0.129. The molecule has 1 aromatic carbocycles. The van der Waals surface area contributed by atoms with Gasteiger partial charge in [0.2, 0.25) is 5.91 Å². The zero-order valence-corrected chi connectivity index (χ0v) is 12.7. The molecular formula is C15H24N2O3. The lowest BCUT2D eigenvalue weighted by atomic mass is 10.2. The molecule has 0 radical (unpaired) electrons. The summed E-state index contributed by atoms with van der Waals surface area (Å²) in [5.74, 6) is 1.52. The third-order valence-electron chi connectivity index (χ3n) is 3.17. The molecular weight excluding hydrogens is 256 g/mol. The van der Waals surface area contributed by atoms with Crippen LogP contribution >= 0.6 is 0 Å². The van der Waals surface area contributed by atoms with E-state index in [1.165, 1.54) is 0 Å². The Morgan fingerprint density at radius 2 is 1.80 bits per heavy atom. The molecule has 0 atom stereocenters. The average Bonchev–Trinajstić information content (AvgIpc) is 2.48. The number of carbonyl (C=O) groups is 1. The number of ether oxygens (including phenoxy) is 2. The normalized spacial score (nSPS) is 10.2. The number of nitrogens with one attached hydrogen (secondary N) is 1. The molecule has 0 heterocycles. The first-order valence-corrected chi connectivity index (χ1v) is 6.85. The van der Waals surface area contributed by atoms with Gasteiger partial charge in [-0.3, -0.25) is 4.79 Å². The lowest BCUT2D eigenvalue weighted by Gasteiger charge is -2.18. The van der Waals surface area contributed by atoms with Gasteiger partial charge in [-0.1, -0.05) is 6.07 Å². The van der Waals surface area contributed by atoms with Gasteiger partial charge >= 0.3 is 0 Å². The highest BCUT2D eigenvalue weighted by atomic mass is 16.5. The Morgan fingerprint density at radius 1 is 1.15 bits per heavy atom. The van der Waals surface area contributed by atoms with Gasteiger partial charge < -0.3 is 19.7 Å². The summed E-state index contributed by atoms with van der Waals surface area (Å²) in [5.41, 5.74) is 1.05. The number of rotatable bonds is 8. The minimum atomic E-state index is 0.121. The SMILES string of the molecule is CCN(CC)C(=O)CNCc1ccc(OC)c(OC)c1. The molecule has 20 heavy (non-hydrogen) atoms. The van der Waals surface area contributed by atoms with Crippen LogP contribution in [0.15, 0.2) is 18.2 Å². The van der Waals surface area contributed by atoms with E-state index in [0.717, 1.165) is 18.7 Å². The number of hydrogen-bond acceptors (Lipinski definition) is 4.